The molecule has 0 aliphatic carbocycles. The smallest absolute Gasteiger partial charge is 0.231 e. The molecule has 2 aromatic carbocycles. The Kier molecular flexibility index (Phi) is 3.60. The maximum Gasteiger partial charge on any atom is 0.231 e. The Bertz CT molecular complexity index is 667. The van der Waals surface area contributed by atoms with Gasteiger partial charge in [0.15, 0.2) is 11.5 Å². The first-order chi connectivity index (χ1) is 10.2. The van der Waals surface area contributed by atoms with Crippen LogP contribution in [-0.4, -0.2) is 11.9 Å². The Hall–Kier alpha value is -2.36. The highest BCUT2D eigenvalue weighted by atomic mass is 16.7. The highest BCUT2D eigenvalue weighted by molar-refractivity contribution is 5.59. The number of hydrogen-bond acceptors (Lipinski definition) is 4. The average Bonchev–Trinajstić information content (AvgIpc) is 2.92. The first-order valence-electron chi connectivity index (χ1n) is 7.13. The molecule has 0 bridgehead atoms. The second kappa shape index (κ2) is 5.56. The quantitative estimate of drug-likeness (QED) is 0.901. The van der Waals surface area contributed by atoms with Crippen LogP contribution in [0.15, 0.2) is 30.3 Å². The third kappa shape index (κ3) is 2.61. The van der Waals surface area contributed by atoms with E-state index < -0.39 is 0 Å². The number of nitrogens with one attached hydrogen (secondary N) is 1. The second-order valence-electron chi connectivity index (χ2n) is 5.15. The standard InChI is InChI=1S/C17H19NO3/c1-3-12-6-4-5-11(2)17(12)18-9-13-7-15-16(8-14(13)19)21-10-20-15/h4-8,18-19H,3,9-10H2,1-2H3. The molecule has 0 fully saturated rings. The minimum absolute atomic E-state index is 0.212. The Labute approximate surface area is 124 Å². The number of anilines is 1. The van der Waals surface area contributed by atoms with Crippen LogP contribution in [0.1, 0.15) is 23.6 Å². The van der Waals surface area contributed by atoms with Gasteiger partial charge in [-0.2, -0.15) is 0 Å². The van der Waals surface area contributed by atoms with Gasteiger partial charge in [-0.25, -0.2) is 0 Å². The van der Waals surface area contributed by atoms with Crippen molar-refractivity contribution in [3.63, 3.8) is 0 Å². The van der Waals surface area contributed by atoms with E-state index in [-0.39, 0.29) is 12.5 Å². The van der Waals surface area contributed by atoms with Crippen LogP contribution < -0.4 is 14.8 Å². The molecule has 0 spiro atoms. The lowest BCUT2D eigenvalue weighted by molar-refractivity contribution is 0.174. The Morgan fingerprint density at radius 1 is 1.14 bits per heavy atom. The van der Waals surface area contributed by atoms with E-state index in [1.165, 1.54) is 11.1 Å². The molecule has 0 saturated carbocycles. The van der Waals surface area contributed by atoms with Crippen molar-refractivity contribution in [3.8, 4) is 17.2 Å². The van der Waals surface area contributed by atoms with E-state index in [9.17, 15) is 5.11 Å². The lowest BCUT2D eigenvalue weighted by Crippen LogP contribution is -2.04. The third-order valence-electron chi connectivity index (χ3n) is 3.77. The number of aromatic hydroxyl groups is 1. The largest absolute Gasteiger partial charge is 0.507 e. The van der Waals surface area contributed by atoms with Crippen LogP contribution in [-0.2, 0) is 13.0 Å². The van der Waals surface area contributed by atoms with Crippen molar-refractivity contribution in [1.29, 1.82) is 0 Å². The molecule has 4 nitrogen and oxygen atoms in total. The highest BCUT2D eigenvalue weighted by Gasteiger charge is 2.17. The van der Waals surface area contributed by atoms with E-state index in [4.69, 9.17) is 9.47 Å². The maximum atomic E-state index is 10.1. The molecule has 1 heterocycles. The van der Waals surface area contributed by atoms with Crippen LogP contribution in [0.5, 0.6) is 17.2 Å². The molecule has 1 aliphatic rings. The Balaban J connectivity index is 1.83. The molecule has 0 radical (unpaired) electrons. The number of fused-ring (bicyclic) bond motifs is 1. The van der Waals surface area contributed by atoms with Crippen LogP contribution in [0.3, 0.4) is 0 Å². The molecule has 2 aromatic rings. The van der Waals surface area contributed by atoms with Gasteiger partial charge >= 0.3 is 0 Å². The van der Waals surface area contributed by atoms with Gasteiger partial charge in [-0.15, -0.1) is 0 Å². The van der Waals surface area contributed by atoms with Gasteiger partial charge in [-0.05, 0) is 30.5 Å². The molecule has 110 valence electrons. The predicted octanol–water partition coefficient (Wildman–Crippen LogP) is 3.60. The summed E-state index contributed by atoms with van der Waals surface area (Å²) in [5.74, 6) is 1.50. The van der Waals surface area contributed by atoms with Crippen molar-refractivity contribution in [2.24, 2.45) is 0 Å². The maximum absolute atomic E-state index is 10.1. The molecule has 0 atom stereocenters. The molecule has 21 heavy (non-hydrogen) atoms. The van der Waals surface area contributed by atoms with Crippen molar-refractivity contribution in [3.05, 3.63) is 47.0 Å². The topological polar surface area (TPSA) is 50.7 Å². The molecule has 2 N–H and O–H groups in total. The summed E-state index contributed by atoms with van der Waals surface area (Å²) in [4.78, 5) is 0. The fraction of sp³-hybridized carbons (Fsp3) is 0.294. The fourth-order valence-corrected chi connectivity index (χ4v) is 2.57. The van der Waals surface area contributed by atoms with Gasteiger partial charge in [0, 0.05) is 23.9 Å². The van der Waals surface area contributed by atoms with E-state index in [1.807, 2.05) is 6.07 Å². The minimum Gasteiger partial charge on any atom is -0.507 e. The van der Waals surface area contributed by atoms with Gasteiger partial charge in [0.1, 0.15) is 5.75 Å². The summed E-state index contributed by atoms with van der Waals surface area (Å²) in [6.07, 6.45) is 0.969. The molecular weight excluding hydrogens is 266 g/mol. The zero-order valence-electron chi connectivity index (χ0n) is 12.3. The Morgan fingerprint density at radius 2 is 1.90 bits per heavy atom. The number of aryl methyl sites for hydroxylation is 2. The molecule has 0 aromatic heterocycles. The van der Waals surface area contributed by atoms with E-state index in [0.717, 1.165) is 17.7 Å². The predicted molar refractivity (Wildman–Crippen MR) is 82.1 cm³/mol. The molecule has 0 unspecified atom stereocenters. The average molecular weight is 285 g/mol. The van der Waals surface area contributed by atoms with Gasteiger partial charge < -0.3 is 19.9 Å². The summed E-state index contributed by atoms with van der Waals surface area (Å²) >= 11 is 0. The van der Waals surface area contributed by atoms with Gasteiger partial charge in [0.2, 0.25) is 6.79 Å². The molecule has 3 rings (SSSR count). The zero-order chi connectivity index (χ0) is 14.8. The summed E-state index contributed by atoms with van der Waals surface area (Å²) in [5.41, 5.74) is 4.41. The van der Waals surface area contributed by atoms with E-state index >= 15 is 0 Å². The summed E-state index contributed by atoms with van der Waals surface area (Å²) in [6.45, 7) is 4.97. The fourth-order valence-electron chi connectivity index (χ4n) is 2.57. The summed E-state index contributed by atoms with van der Waals surface area (Å²) in [6, 6.07) is 9.71. The van der Waals surface area contributed by atoms with Gasteiger partial charge in [-0.3, -0.25) is 0 Å². The number of para-hydroxylation sites is 1. The third-order valence-corrected chi connectivity index (χ3v) is 3.77. The monoisotopic (exact) mass is 285 g/mol. The molecule has 4 heteroatoms. The molecule has 0 saturated heterocycles. The second-order valence-corrected chi connectivity index (χ2v) is 5.15. The summed E-state index contributed by atoms with van der Waals surface area (Å²) in [5, 5.41) is 13.5. The number of phenols is 1. The highest BCUT2D eigenvalue weighted by Crippen LogP contribution is 2.38. The van der Waals surface area contributed by atoms with Gasteiger partial charge in [-0.1, -0.05) is 25.1 Å². The summed E-state index contributed by atoms with van der Waals surface area (Å²) in [7, 11) is 0. The first-order valence-corrected chi connectivity index (χ1v) is 7.13. The minimum atomic E-state index is 0.212. The van der Waals surface area contributed by atoms with E-state index in [1.54, 1.807) is 6.07 Å². The van der Waals surface area contributed by atoms with E-state index in [0.29, 0.717) is 18.0 Å². The van der Waals surface area contributed by atoms with Crippen molar-refractivity contribution in [1.82, 2.24) is 0 Å². The van der Waals surface area contributed by atoms with Crippen LogP contribution in [0.25, 0.3) is 0 Å². The zero-order valence-corrected chi connectivity index (χ0v) is 12.3. The lowest BCUT2D eigenvalue weighted by atomic mass is 10.1. The number of rotatable bonds is 4. The number of ether oxygens (including phenoxy) is 2. The van der Waals surface area contributed by atoms with Crippen molar-refractivity contribution in [2.45, 2.75) is 26.8 Å². The number of phenolic OH excluding ortho intramolecular Hbond substituents is 1. The van der Waals surface area contributed by atoms with Gasteiger partial charge in [0.25, 0.3) is 0 Å². The molecule has 1 aliphatic heterocycles. The van der Waals surface area contributed by atoms with Crippen LogP contribution in [0, 0.1) is 6.92 Å². The van der Waals surface area contributed by atoms with Crippen molar-refractivity contribution >= 4 is 5.69 Å². The van der Waals surface area contributed by atoms with Gasteiger partial charge in [0.05, 0.1) is 0 Å². The van der Waals surface area contributed by atoms with Crippen LogP contribution in [0.4, 0.5) is 5.69 Å². The normalized spacial score (nSPS) is 12.5. The summed E-state index contributed by atoms with van der Waals surface area (Å²) < 4.78 is 10.6. The van der Waals surface area contributed by atoms with Crippen molar-refractivity contribution in [2.75, 3.05) is 12.1 Å². The van der Waals surface area contributed by atoms with Crippen molar-refractivity contribution < 1.29 is 14.6 Å². The molecular formula is C17H19NO3. The van der Waals surface area contributed by atoms with E-state index in [2.05, 4.69) is 37.4 Å². The number of hydrogen-bond donors (Lipinski definition) is 2. The van der Waals surface area contributed by atoms with Crippen LogP contribution in [0.2, 0.25) is 0 Å². The SMILES string of the molecule is CCc1cccc(C)c1NCc1cc2c(cc1O)OCO2. The first kappa shape index (κ1) is 13.6. The Morgan fingerprint density at radius 3 is 2.67 bits per heavy atom. The lowest BCUT2D eigenvalue weighted by Gasteiger charge is -2.15. The van der Waals surface area contributed by atoms with Crippen LogP contribution >= 0.6 is 0 Å². The number of benzene rings is 2. The molecule has 0 amide bonds.